The number of ether oxygens (including phenoxy) is 1. The van der Waals surface area contributed by atoms with E-state index in [2.05, 4.69) is 11.0 Å². The van der Waals surface area contributed by atoms with E-state index in [1.165, 1.54) is 16.7 Å². The fourth-order valence-electron chi connectivity index (χ4n) is 4.20. The van der Waals surface area contributed by atoms with Gasteiger partial charge >= 0.3 is 5.97 Å². The fourth-order valence-corrected chi connectivity index (χ4v) is 5.41. The van der Waals surface area contributed by atoms with Crippen LogP contribution in [0.15, 0.2) is 10.6 Å². The molecule has 0 saturated carbocycles. The summed E-state index contributed by atoms with van der Waals surface area (Å²) in [7, 11) is 0. The number of nitrogens with zero attached hydrogens (tertiary/aromatic N) is 3. The third kappa shape index (κ3) is 3.85. The molecule has 9 heteroatoms. The van der Waals surface area contributed by atoms with E-state index in [4.69, 9.17) is 10.00 Å². The normalized spacial score (nSPS) is 29.3. The molecule has 1 amide bonds. The summed E-state index contributed by atoms with van der Waals surface area (Å²) in [5.41, 5.74) is 0.0387. The first-order chi connectivity index (χ1) is 13.0. The molecule has 0 aromatic carbocycles. The van der Waals surface area contributed by atoms with Gasteiger partial charge in [-0.15, -0.1) is 11.8 Å². The molecule has 2 fully saturated rings. The summed E-state index contributed by atoms with van der Waals surface area (Å²) in [5, 5.41) is 28.6. The number of aliphatic carboxylic acids is 1. The quantitative estimate of drug-likeness (QED) is 0.451. The summed E-state index contributed by atoms with van der Waals surface area (Å²) >= 11 is 1.36. The third-order valence-corrected chi connectivity index (χ3v) is 6.68. The number of carbonyl (C=O) groups is 2. The van der Waals surface area contributed by atoms with Gasteiger partial charge < -0.3 is 19.8 Å². The van der Waals surface area contributed by atoms with E-state index >= 15 is 0 Å². The van der Waals surface area contributed by atoms with E-state index in [1.54, 1.807) is 6.92 Å². The molecule has 3 heterocycles. The highest BCUT2D eigenvalue weighted by Gasteiger charge is 2.60. The van der Waals surface area contributed by atoms with Crippen LogP contribution in [0, 0.1) is 23.2 Å². The largest absolute Gasteiger partial charge is 0.477 e. The van der Waals surface area contributed by atoms with Crippen LogP contribution >= 0.6 is 11.8 Å². The number of rotatable bonds is 8. The molecule has 148 valence electrons. The van der Waals surface area contributed by atoms with Gasteiger partial charge in [0.15, 0.2) is 0 Å². The molecule has 2 N–H and O–H groups in total. The van der Waals surface area contributed by atoms with Crippen LogP contribution in [-0.2, 0) is 14.3 Å². The number of nitriles is 1. The van der Waals surface area contributed by atoms with Gasteiger partial charge in [0.1, 0.15) is 5.70 Å². The van der Waals surface area contributed by atoms with Gasteiger partial charge in [-0.25, -0.2) is 4.79 Å². The van der Waals surface area contributed by atoms with Crippen LogP contribution in [0.4, 0.5) is 0 Å². The number of thioether (sulfide) groups is 1. The predicted molar refractivity (Wildman–Crippen MR) is 98.5 cm³/mol. The highest BCUT2D eigenvalue weighted by atomic mass is 32.2. The van der Waals surface area contributed by atoms with Crippen molar-refractivity contribution in [3.8, 4) is 6.07 Å². The minimum absolute atomic E-state index is 0.0387. The maximum absolute atomic E-state index is 12.5. The number of hydrogen-bond donors (Lipinski definition) is 2. The minimum atomic E-state index is -1.12. The molecule has 3 rings (SSSR count). The van der Waals surface area contributed by atoms with Gasteiger partial charge in [-0.05, 0) is 19.9 Å². The van der Waals surface area contributed by atoms with Crippen LogP contribution in [0.25, 0.3) is 0 Å². The van der Waals surface area contributed by atoms with E-state index in [0.717, 1.165) is 19.6 Å². The minimum Gasteiger partial charge on any atom is -0.477 e. The number of morpholine rings is 1. The predicted octanol–water partition coefficient (Wildman–Crippen LogP) is 0.489. The maximum Gasteiger partial charge on any atom is 0.353 e. The number of hydrogen-bond acceptors (Lipinski definition) is 7. The zero-order valence-electron chi connectivity index (χ0n) is 15.3. The van der Waals surface area contributed by atoms with Crippen LogP contribution in [0.5, 0.6) is 0 Å². The Morgan fingerprint density at radius 2 is 2.15 bits per heavy atom. The number of carboxylic acids is 1. The third-order valence-electron chi connectivity index (χ3n) is 5.47. The van der Waals surface area contributed by atoms with E-state index in [1.807, 2.05) is 0 Å². The van der Waals surface area contributed by atoms with Gasteiger partial charge in [0.05, 0.1) is 37.3 Å². The highest BCUT2D eigenvalue weighted by Crippen LogP contribution is 2.51. The average molecular weight is 395 g/mol. The van der Waals surface area contributed by atoms with E-state index < -0.39 is 18.0 Å². The molecular formula is C18H25N3O5S. The molecule has 0 unspecified atom stereocenters. The zero-order chi connectivity index (χ0) is 19.6. The Labute approximate surface area is 162 Å². The molecule has 0 bridgehead atoms. The van der Waals surface area contributed by atoms with E-state index in [-0.39, 0.29) is 23.6 Å². The van der Waals surface area contributed by atoms with Gasteiger partial charge in [-0.2, -0.15) is 5.26 Å². The van der Waals surface area contributed by atoms with Crippen molar-refractivity contribution in [3.05, 3.63) is 10.6 Å². The van der Waals surface area contributed by atoms with Gasteiger partial charge in [-0.3, -0.25) is 9.69 Å². The summed E-state index contributed by atoms with van der Waals surface area (Å²) < 4.78 is 5.37. The number of fused-ring (bicyclic) bond motifs is 1. The Bertz CT molecular complexity index is 668. The molecule has 3 aliphatic heterocycles. The first kappa shape index (κ1) is 20.1. The van der Waals surface area contributed by atoms with Crippen molar-refractivity contribution in [2.45, 2.75) is 31.9 Å². The molecule has 0 spiro atoms. The Morgan fingerprint density at radius 1 is 1.44 bits per heavy atom. The monoisotopic (exact) mass is 395 g/mol. The van der Waals surface area contributed by atoms with Crippen LogP contribution in [0.1, 0.15) is 19.8 Å². The molecule has 0 radical (unpaired) electrons. The van der Waals surface area contributed by atoms with Crippen molar-refractivity contribution in [2.75, 3.05) is 38.6 Å². The van der Waals surface area contributed by atoms with Crippen molar-refractivity contribution >= 4 is 23.6 Å². The van der Waals surface area contributed by atoms with E-state index in [0.29, 0.717) is 36.7 Å². The second-order valence-corrected chi connectivity index (χ2v) is 8.23. The van der Waals surface area contributed by atoms with Crippen LogP contribution in [0.2, 0.25) is 0 Å². The molecule has 3 aliphatic rings. The van der Waals surface area contributed by atoms with Crippen molar-refractivity contribution in [1.29, 1.82) is 5.26 Å². The summed E-state index contributed by atoms with van der Waals surface area (Å²) in [6.07, 6.45) is 0.210. The maximum atomic E-state index is 12.5. The van der Waals surface area contributed by atoms with Crippen molar-refractivity contribution in [1.82, 2.24) is 9.80 Å². The van der Waals surface area contributed by atoms with E-state index in [9.17, 15) is 19.8 Å². The number of amides is 1. The molecule has 2 saturated heterocycles. The zero-order valence-corrected chi connectivity index (χ0v) is 16.2. The standard InChI is InChI=1S/C18H25N3O5S/c1-11(22)13-14-12(3-5-20-6-8-26-9-7-20)16(27-10-2-4-19)15(18(24)25)21(14)17(13)23/h11-14,22H,2-3,5-10H2,1H3,(H,24,25)/t11-,12-,13-,14-/m1/s1. The van der Waals surface area contributed by atoms with Gasteiger partial charge in [0.2, 0.25) is 5.91 Å². The summed E-state index contributed by atoms with van der Waals surface area (Å²) in [4.78, 5) is 28.7. The molecule has 8 nitrogen and oxygen atoms in total. The Hall–Kier alpha value is -1.60. The molecule has 27 heavy (non-hydrogen) atoms. The lowest BCUT2D eigenvalue weighted by molar-refractivity contribution is -0.163. The summed E-state index contributed by atoms with van der Waals surface area (Å²) in [5.74, 6) is -1.64. The smallest absolute Gasteiger partial charge is 0.353 e. The van der Waals surface area contributed by atoms with Crippen LogP contribution in [0.3, 0.4) is 0 Å². The second-order valence-electron chi connectivity index (χ2n) is 7.09. The molecule has 0 aromatic rings. The lowest BCUT2D eigenvalue weighted by Crippen LogP contribution is -2.64. The number of aliphatic hydroxyl groups is 1. The van der Waals surface area contributed by atoms with Gasteiger partial charge in [0, 0.05) is 36.1 Å². The average Bonchev–Trinajstić information content (AvgIpc) is 2.91. The molecule has 4 atom stereocenters. The lowest BCUT2D eigenvalue weighted by atomic mass is 9.77. The number of β-lactam (4-membered cyclic amide) rings is 1. The van der Waals surface area contributed by atoms with Crippen LogP contribution in [-0.4, -0.2) is 82.6 Å². The fraction of sp³-hybridized carbons (Fsp3) is 0.722. The Balaban J connectivity index is 1.83. The van der Waals surface area contributed by atoms with Crippen molar-refractivity contribution in [3.63, 3.8) is 0 Å². The number of carboxylic acid groups (broad SMARTS) is 1. The lowest BCUT2D eigenvalue weighted by Gasteiger charge is -2.47. The molecule has 0 aliphatic carbocycles. The van der Waals surface area contributed by atoms with Crippen molar-refractivity contribution in [2.24, 2.45) is 11.8 Å². The Kier molecular flexibility index (Phi) is 6.42. The summed E-state index contributed by atoms with van der Waals surface area (Å²) in [6.45, 7) is 5.43. The van der Waals surface area contributed by atoms with Gasteiger partial charge in [0.25, 0.3) is 0 Å². The van der Waals surface area contributed by atoms with Crippen molar-refractivity contribution < 1.29 is 24.5 Å². The number of aliphatic hydroxyl groups excluding tert-OH is 1. The van der Waals surface area contributed by atoms with Crippen LogP contribution < -0.4 is 0 Å². The molecule has 0 aromatic heterocycles. The SMILES string of the molecule is C[C@@H](O)[C@H]1C(=O)N2C(C(=O)O)=C(SCCC#N)[C@H](CCN3CCOCC3)[C@H]12. The first-order valence-electron chi connectivity index (χ1n) is 9.25. The summed E-state index contributed by atoms with van der Waals surface area (Å²) in [6, 6.07) is 1.76. The number of carbonyl (C=O) groups excluding carboxylic acids is 1. The first-order valence-corrected chi connectivity index (χ1v) is 10.2. The Morgan fingerprint density at radius 3 is 2.74 bits per heavy atom. The highest BCUT2D eigenvalue weighted by molar-refractivity contribution is 8.03. The second kappa shape index (κ2) is 8.61. The molecular weight excluding hydrogens is 370 g/mol. The topological polar surface area (TPSA) is 114 Å². The van der Waals surface area contributed by atoms with Gasteiger partial charge in [-0.1, -0.05) is 0 Å².